The minimum absolute atomic E-state index is 0.273. The van der Waals surface area contributed by atoms with Crippen LogP contribution < -0.4 is 0 Å². The molecule has 0 amide bonds. The van der Waals surface area contributed by atoms with Gasteiger partial charge in [-0.25, -0.2) is 0 Å². The van der Waals surface area contributed by atoms with Gasteiger partial charge >= 0.3 is 0 Å². The highest BCUT2D eigenvalue weighted by Crippen LogP contribution is 2.32. The van der Waals surface area contributed by atoms with E-state index in [1.807, 2.05) is 6.92 Å². The molecule has 1 rings (SSSR count). The SMILES string of the molecule is CCCCCC(C)(O)CCCC(C)=CCCC(C)CCC1=CC=C(C)C(C)C1OCCCC. The Labute approximate surface area is 207 Å². The molecule has 0 fully saturated rings. The first-order chi connectivity index (χ1) is 15.7. The molecule has 0 spiro atoms. The van der Waals surface area contributed by atoms with Crippen molar-refractivity contribution in [2.45, 2.75) is 144 Å². The molecule has 1 aliphatic carbocycles. The first-order valence-corrected chi connectivity index (χ1v) is 14.1. The third-order valence-electron chi connectivity index (χ3n) is 7.58. The van der Waals surface area contributed by atoms with Gasteiger partial charge in [-0.15, -0.1) is 0 Å². The Morgan fingerprint density at radius 2 is 1.79 bits per heavy atom. The molecular formula is C31H56O2. The zero-order valence-electron chi connectivity index (χ0n) is 23.2. The van der Waals surface area contributed by atoms with Crippen LogP contribution in [-0.4, -0.2) is 23.4 Å². The Kier molecular flexibility index (Phi) is 15.3. The second-order valence-corrected chi connectivity index (χ2v) is 11.2. The van der Waals surface area contributed by atoms with E-state index in [1.54, 1.807) is 0 Å². The lowest BCUT2D eigenvalue weighted by molar-refractivity contribution is 0.0375. The summed E-state index contributed by atoms with van der Waals surface area (Å²) < 4.78 is 6.32. The zero-order chi connectivity index (χ0) is 24.7. The smallest absolute Gasteiger partial charge is 0.0850 e. The van der Waals surface area contributed by atoms with Crippen LogP contribution in [0.4, 0.5) is 0 Å². The molecule has 0 saturated heterocycles. The summed E-state index contributed by atoms with van der Waals surface area (Å²) in [6.07, 6.45) is 22.2. The lowest BCUT2D eigenvalue weighted by Crippen LogP contribution is -2.28. The second kappa shape index (κ2) is 16.7. The van der Waals surface area contributed by atoms with Gasteiger partial charge in [-0.3, -0.25) is 0 Å². The molecule has 0 aliphatic heterocycles. The van der Waals surface area contributed by atoms with Crippen LogP contribution in [0.15, 0.2) is 34.9 Å². The van der Waals surface area contributed by atoms with E-state index < -0.39 is 5.60 Å². The standard InChI is InChI=1S/C31H56O2/c1-8-10-12-22-31(7,32)23-14-17-25(3)15-13-16-26(4)18-20-29-21-19-27(5)28(6)30(29)33-24-11-9-2/h15,19,21,26,28,30,32H,8-14,16-18,20,22-24H2,1-7H3. The van der Waals surface area contributed by atoms with Gasteiger partial charge in [0.05, 0.1) is 11.7 Å². The van der Waals surface area contributed by atoms with Crippen LogP contribution in [0.3, 0.4) is 0 Å². The van der Waals surface area contributed by atoms with E-state index in [-0.39, 0.29) is 6.10 Å². The van der Waals surface area contributed by atoms with Crippen LogP contribution in [-0.2, 0) is 4.74 Å². The number of aliphatic hydroxyl groups is 1. The molecule has 0 saturated carbocycles. The largest absolute Gasteiger partial charge is 0.390 e. The summed E-state index contributed by atoms with van der Waals surface area (Å²) in [6.45, 7) is 16.6. The fourth-order valence-corrected chi connectivity index (χ4v) is 4.78. The molecular weight excluding hydrogens is 404 g/mol. The van der Waals surface area contributed by atoms with Gasteiger partial charge in [0.15, 0.2) is 0 Å². The minimum Gasteiger partial charge on any atom is -0.390 e. The summed E-state index contributed by atoms with van der Waals surface area (Å²) in [4.78, 5) is 0. The molecule has 0 radical (unpaired) electrons. The van der Waals surface area contributed by atoms with Gasteiger partial charge in [0.1, 0.15) is 0 Å². The molecule has 2 heteroatoms. The number of rotatable bonds is 18. The van der Waals surface area contributed by atoms with Crippen LogP contribution in [0.1, 0.15) is 132 Å². The zero-order valence-corrected chi connectivity index (χ0v) is 23.2. The Morgan fingerprint density at radius 3 is 2.48 bits per heavy atom. The summed E-state index contributed by atoms with van der Waals surface area (Å²) >= 11 is 0. The average molecular weight is 461 g/mol. The average Bonchev–Trinajstić information content (AvgIpc) is 2.76. The van der Waals surface area contributed by atoms with Crippen molar-refractivity contribution in [1.82, 2.24) is 0 Å². The molecule has 0 heterocycles. The predicted molar refractivity (Wildman–Crippen MR) is 146 cm³/mol. The highest BCUT2D eigenvalue weighted by molar-refractivity contribution is 5.29. The summed E-state index contributed by atoms with van der Waals surface area (Å²) in [6, 6.07) is 0. The summed E-state index contributed by atoms with van der Waals surface area (Å²) in [5.74, 6) is 1.23. The number of ether oxygens (including phenoxy) is 1. The van der Waals surface area contributed by atoms with E-state index in [0.717, 1.165) is 57.5 Å². The van der Waals surface area contributed by atoms with Gasteiger partial charge in [-0.2, -0.15) is 0 Å². The Morgan fingerprint density at radius 1 is 1.09 bits per heavy atom. The minimum atomic E-state index is -0.485. The molecule has 192 valence electrons. The molecule has 0 bridgehead atoms. The Balaban J connectivity index is 2.34. The van der Waals surface area contributed by atoms with Gasteiger partial charge in [-0.1, -0.05) is 82.8 Å². The maximum atomic E-state index is 10.5. The van der Waals surface area contributed by atoms with Crippen molar-refractivity contribution in [2.24, 2.45) is 11.8 Å². The lowest BCUT2D eigenvalue weighted by Gasteiger charge is -2.31. The van der Waals surface area contributed by atoms with Crippen molar-refractivity contribution in [1.29, 1.82) is 0 Å². The molecule has 0 aromatic rings. The third kappa shape index (κ3) is 13.0. The van der Waals surface area contributed by atoms with Crippen molar-refractivity contribution in [3.8, 4) is 0 Å². The number of hydrogen-bond acceptors (Lipinski definition) is 2. The van der Waals surface area contributed by atoms with Crippen molar-refractivity contribution in [3.63, 3.8) is 0 Å². The van der Waals surface area contributed by atoms with E-state index in [9.17, 15) is 5.11 Å². The molecule has 4 unspecified atom stereocenters. The van der Waals surface area contributed by atoms with Crippen LogP contribution in [0.25, 0.3) is 0 Å². The lowest BCUT2D eigenvalue weighted by atomic mass is 9.83. The predicted octanol–water partition coefficient (Wildman–Crippen LogP) is 9.34. The summed E-state index contributed by atoms with van der Waals surface area (Å²) in [5.41, 5.74) is 3.94. The highest BCUT2D eigenvalue weighted by atomic mass is 16.5. The van der Waals surface area contributed by atoms with Crippen molar-refractivity contribution in [3.05, 3.63) is 34.9 Å². The Hall–Kier alpha value is -0.860. The summed E-state index contributed by atoms with van der Waals surface area (Å²) in [7, 11) is 0. The fraction of sp³-hybridized carbons (Fsp3) is 0.806. The monoisotopic (exact) mass is 460 g/mol. The third-order valence-corrected chi connectivity index (χ3v) is 7.58. The highest BCUT2D eigenvalue weighted by Gasteiger charge is 2.26. The van der Waals surface area contributed by atoms with Crippen LogP contribution in [0, 0.1) is 11.8 Å². The number of hydrogen-bond donors (Lipinski definition) is 1. The first-order valence-electron chi connectivity index (χ1n) is 14.1. The van der Waals surface area contributed by atoms with Gasteiger partial charge in [0.25, 0.3) is 0 Å². The van der Waals surface area contributed by atoms with E-state index in [2.05, 4.69) is 59.8 Å². The fourth-order valence-electron chi connectivity index (χ4n) is 4.78. The van der Waals surface area contributed by atoms with Crippen LogP contribution in [0.5, 0.6) is 0 Å². The van der Waals surface area contributed by atoms with Gasteiger partial charge in [0, 0.05) is 12.5 Å². The number of unbranched alkanes of at least 4 members (excludes halogenated alkanes) is 3. The molecule has 1 aliphatic rings. The molecule has 2 nitrogen and oxygen atoms in total. The molecule has 1 N–H and O–H groups in total. The maximum absolute atomic E-state index is 10.5. The summed E-state index contributed by atoms with van der Waals surface area (Å²) in [5, 5.41) is 10.5. The van der Waals surface area contributed by atoms with Gasteiger partial charge < -0.3 is 9.84 Å². The normalized spacial score (nSPS) is 22.0. The van der Waals surface area contributed by atoms with Crippen LogP contribution in [0.2, 0.25) is 0 Å². The molecule has 33 heavy (non-hydrogen) atoms. The quantitative estimate of drug-likeness (QED) is 0.163. The maximum Gasteiger partial charge on any atom is 0.0850 e. The van der Waals surface area contributed by atoms with E-state index in [1.165, 1.54) is 55.2 Å². The molecule has 0 aromatic carbocycles. The topological polar surface area (TPSA) is 29.5 Å². The first kappa shape index (κ1) is 30.2. The van der Waals surface area contributed by atoms with Crippen molar-refractivity contribution >= 4 is 0 Å². The molecule has 0 aromatic heterocycles. The van der Waals surface area contributed by atoms with Crippen LogP contribution >= 0.6 is 0 Å². The van der Waals surface area contributed by atoms with Gasteiger partial charge in [0.2, 0.25) is 0 Å². The number of allylic oxidation sites excluding steroid dienone is 4. The van der Waals surface area contributed by atoms with Crippen molar-refractivity contribution in [2.75, 3.05) is 6.61 Å². The molecule has 4 atom stereocenters. The Bertz CT molecular complexity index is 610. The van der Waals surface area contributed by atoms with E-state index in [4.69, 9.17) is 4.74 Å². The van der Waals surface area contributed by atoms with E-state index in [0.29, 0.717) is 5.92 Å². The van der Waals surface area contributed by atoms with Gasteiger partial charge in [-0.05, 0) is 90.0 Å². The second-order valence-electron chi connectivity index (χ2n) is 11.2. The van der Waals surface area contributed by atoms with E-state index >= 15 is 0 Å². The van der Waals surface area contributed by atoms with Crippen molar-refractivity contribution < 1.29 is 9.84 Å².